The number of alkyl halides is 3. The van der Waals surface area contributed by atoms with Crippen molar-refractivity contribution in [2.75, 3.05) is 11.4 Å². The van der Waals surface area contributed by atoms with Crippen LogP contribution in [0.15, 0.2) is 18.2 Å². The van der Waals surface area contributed by atoms with Crippen LogP contribution in [0.4, 0.5) is 18.9 Å². The van der Waals surface area contributed by atoms with E-state index in [2.05, 4.69) is 20.7 Å². The lowest BCUT2D eigenvalue weighted by atomic mass is 10.2. The molecule has 1 aliphatic rings. The van der Waals surface area contributed by atoms with Crippen molar-refractivity contribution < 1.29 is 22.7 Å². The Balaban J connectivity index is 2.34. The fourth-order valence-corrected chi connectivity index (χ4v) is 2.36. The van der Waals surface area contributed by atoms with E-state index in [0.717, 1.165) is 12.1 Å². The van der Waals surface area contributed by atoms with Crippen molar-refractivity contribution in [2.24, 2.45) is 0 Å². The predicted molar refractivity (Wildman–Crippen MR) is 62.7 cm³/mol. The van der Waals surface area contributed by atoms with Crippen molar-refractivity contribution in [3.63, 3.8) is 0 Å². The minimum absolute atomic E-state index is 0.0468. The monoisotopic (exact) mass is 323 g/mol. The Morgan fingerprint density at radius 3 is 2.72 bits per heavy atom. The van der Waals surface area contributed by atoms with E-state index in [1.165, 1.54) is 11.0 Å². The molecule has 1 atom stereocenters. The smallest absolute Gasteiger partial charge is 0.387 e. The molecule has 2 rings (SSSR count). The standard InChI is InChI=1S/C11H9BrF3NO2/c12-6-3-10(17)16(5-6)8-2-1-7(13)4-9(8)18-11(14)15/h1-2,4,6,11H,3,5H2. The number of benzene rings is 1. The Bertz CT molecular complexity index is 470. The van der Waals surface area contributed by atoms with Gasteiger partial charge in [-0.15, -0.1) is 0 Å². The van der Waals surface area contributed by atoms with Crippen molar-refractivity contribution in [3.8, 4) is 5.75 Å². The molecule has 1 aromatic carbocycles. The number of ether oxygens (including phenoxy) is 1. The van der Waals surface area contributed by atoms with Crippen molar-refractivity contribution >= 4 is 27.5 Å². The summed E-state index contributed by atoms with van der Waals surface area (Å²) in [5.41, 5.74) is 0.156. The number of amides is 1. The first-order valence-electron chi connectivity index (χ1n) is 5.16. The first-order chi connectivity index (χ1) is 8.47. The van der Waals surface area contributed by atoms with E-state index >= 15 is 0 Å². The normalized spacial score (nSPS) is 19.7. The van der Waals surface area contributed by atoms with Gasteiger partial charge in [0.05, 0.1) is 5.69 Å². The zero-order chi connectivity index (χ0) is 13.3. The van der Waals surface area contributed by atoms with Gasteiger partial charge in [-0.1, -0.05) is 15.9 Å². The Morgan fingerprint density at radius 1 is 1.44 bits per heavy atom. The summed E-state index contributed by atoms with van der Waals surface area (Å²) in [7, 11) is 0. The molecule has 1 aromatic rings. The lowest BCUT2D eigenvalue weighted by Gasteiger charge is -2.19. The molecule has 1 heterocycles. The quantitative estimate of drug-likeness (QED) is 0.800. The van der Waals surface area contributed by atoms with E-state index in [4.69, 9.17) is 0 Å². The van der Waals surface area contributed by atoms with Gasteiger partial charge in [-0.3, -0.25) is 4.79 Å². The Kier molecular flexibility index (Phi) is 3.79. The topological polar surface area (TPSA) is 29.5 Å². The Morgan fingerprint density at radius 2 is 2.17 bits per heavy atom. The van der Waals surface area contributed by atoms with Gasteiger partial charge in [0.1, 0.15) is 5.82 Å². The first kappa shape index (κ1) is 13.2. The summed E-state index contributed by atoms with van der Waals surface area (Å²) in [4.78, 5) is 12.9. The maximum atomic E-state index is 13.0. The summed E-state index contributed by atoms with van der Waals surface area (Å²) < 4.78 is 41.7. The molecule has 1 fully saturated rings. The minimum Gasteiger partial charge on any atom is -0.432 e. The Labute approximate surface area is 110 Å². The molecule has 1 aliphatic heterocycles. The van der Waals surface area contributed by atoms with Crippen LogP contribution in [0, 0.1) is 5.82 Å². The molecular formula is C11H9BrF3NO2. The number of rotatable bonds is 3. The van der Waals surface area contributed by atoms with Crippen molar-refractivity contribution in [3.05, 3.63) is 24.0 Å². The average molecular weight is 324 g/mol. The SMILES string of the molecule is O=C1CC(Br)CN1c1ccc(F)cc1OC(F)F. The highest BCUT2D eigenvalue weighted by Crippen LogP contribution is 2.34. The molecule has 0 spiro atoms. The highest BCUT2D eigenvalue weighted by Gasteiger charge is 2.31. The average Bonchev–Trinajstić information content (AvgIpc) is 2.57. The highest BCUT2D eigenvalue weighted by atomic mass is 79.9. The van der Waals surface area contributed by atoms with Crippen LogP contribution in [0.2, 0.25) is 0 Å². The van der Waals surface area contributed by atoms with E-state index in [1.54, 1.807) is 0 Å². The van der Waals surface area contributed by atoms with E-state index < -0.39 is 12.4 Å². The largest absolute Gasteiger partial charge is 0.432 e. The number of halogens is 4. The number of anilines is 1. The minimum atomic E-state index is -3.07. The van der Waals surface area contributed by atoms with Gasteiger partial charge < -0.3 is 9.64 Å². The third kappa shape index (κ3) is 2.77. The number of nitrogens with zero attached hydrogens (tertiary/aromatic N) is 1. The fraction of sp³-hybridized carbons (Fsp3) is 0.364. The number of hydrogen-bond donors (Lipinski definition) is 0. The first-order valence-corrected chi connectivity index (χ1v) is 6.07. The Hall–Kier alpha value is -1.24. The molecule has 1 unspecified atom stereocenters. The molecule has 1 saturated heterocycles. The van der Waals surface area contributed by atoms with Crippen LogP contribution in [0.5, 0.6) is 5.75 Å². The van der Waals surface area contributed by atoms with Crippen molar-refractivity contribution in [1.29, 1.82) is 0 Å². The lowest BCUT2D eigenvalue weighted by Crippen LogP contribution is -2.25. The third-order valence-electron chi connectivity index (χ3n) is 2.51. The summed E-state index contributed by atoms with van der Waals surface area (Å²) in [5.74, 6) is -1.25. The molecule has 0 radical (unpaired) electrons. The second kappa shape index (κ2) is 5.17. The second-order valence-corrected chi connectivity index (χ2v) is 5.09. The molecule has 0 aromatic heterocycles. The maximum Gasteiger partial charge on any atom is 0.387 e. The van der Waals surface area contributed by atoms with E-state index in [0.29, 0.717) is 6.54 Å². The molecule has 7 heteroatoms. The van der Waals surface area contributed by atoms with Crippen LogP contribution in [-0.4, -0.2) is 23.9 Å². The lowest BCUT2D eigenvalue weighted by molar-refractivity contribution is -0.117. The summed E-state index contributed by atoms with van der Waals surface area (Å²) in [5, 5.41) is 0. The van der Waals surface area contributed by atoms with Gasteiger partial charge >= 0.3 is 6.61 Å². The molecule has 3 nitrogen and oxygen atoms in total. The van der Waals surface area contributed by atoms with E-state index in [9.17, 15) is 18.0 Å². The predicted octanol–water partition coefficient (Wildman–Crippen LogP) is 2.93. The molecule has 1 amide bonds. The van der Waals surface area contributed by atoms with Crippen LogP contribution in [0.25, 0.3) is 0 Å². The number of carbonyl (C=O) groups is 1. The van der Waals surface area contributed by atoms with Crippen molar-refractivity contribution in [1.82, 2.24) is 0 Å². The molecular weight excluding hydrogens is 315 g/mol. The number of hydrogen-bond acceptors (Lipinski definition) is 2. The zero-order valence-electron chi connectivity index (χ0n) is 9.08. The van der Waals surface area contributed by atoms with Gasteiger partial charge in [0.2, 0.25) is 5.91 Å². The van der Waals surface area contributed by atoms with Gasteiger partial charge in [0.25, 0.3) is 0 Å². The van der Waals surface area contributed by atoms with Crippen LogP contribution in [0.3, 0.4) is 0 Å². The van der Waals surface area contributed by atoms with Gasteiger partial charge in [0, 0.05) is 23.9 Å². The van der Waals surface area contributed by atoms with Gasteiger partial charge in [-0.2, -0.15) is 8.78 Å². The summed E-state index contributed by atoms with van der Waals surface area (Å²) >= 11 is 3.28. The van der Waals surface area contributed by atoms with Crippen LogP contribution < -0.4 is 9.64 Å². The molecule has 0 saturated carbocycles. The van der Waals surface area contributed by atoms with E-state index in [-0.39, 0.29) is 28.6 Å². The number of carbonyl (C=O) groups excluding carboxylic acids is 1. The second-order valence-electron chi connectivity index (χ2n) is 3.80. The highest BCUT2D eigenvalue weighted by molar-refractivity contribution is 9.09. The van der Waals surface area contributed by atoms with Gasteiger partial charge in [-0.25, -0.2) is 4.39 Å². The van der Waals surface area contributed by atoms with Gasteiger partial charge in [-0.05, 0) is 12.1 Å². The fourth-order valence-electron chi connectivity index (χ4n) is 1.80. The molecule has 18 heavy (non-hydrogen) atoms. The van der Waals surface area contributed by atoms with E-state index in [1.807, 2.05) is 0 Å². The third-order valence-corrected chi connectivity index (χ3v) is 3.12. The molecule has 0 aliphatic carbocycles. The molecule has 0 N–H and O–H groups in total. The summed E-state index contributed by atoms with van der Waals surface area (Å²) in [6.45, 7) is -2.73. The zero-order valence-corrected chi connectivity index (χ0v) is 10.7. The molecule has 0 bridgehead atoms. The van der Waals surface area contributed by atoms with Crippen LogP contribution in [-0.2, 0) is 4.79 Å². The van der Waals surface area contributed by atoms with Crippen LogP contribution >= 0.6 is 15.9 Å². The van der Waals surface area contributed by atoms with Crippen molar-refractivity contribution in [2.45, 2.75) is 17.9 Å². The van der Waals surface area contributed by atoms with Crippen LogP contribution in [0.1, 0.15) is 6.42 Å². The summed E-state index contributed by atoms with van der Waals surface area (Å²) in [6, 6.07) is 3.20. The van der Waals surface area contributed by atoms with Gasteiger partial charge in [0.15, 0.2) is 5.75 Å². The summed E-state index contributed by atoms with van der Waals surface area (Å²) in [6.07, 6.45) is 0.269. The maximum absolute atomic E-state index is 13.0. The molecule has 98 valence electrons.